The van der Waals surface area contributed by atoms with Crippen LogP contribution in [0.15, 0.2) is 48.5 Å². The molecule has 0 unspecified atom stereocenters. The molecule has 1 aliphatic heterocycles. The number of amides is 2. The molecule has 2 amide bonds. The second-order valence-corrected chi connectivity index (χ2v) is 9.19. The van der Waals surface area contributed by atoms with Crippen molar-refractivity contribution < 1.29 is 24.2 Å². The first-order valence-corrected chi connectivity index (χ1v) is 12.0. The average Bonchev–Trinajstić information content (AvgIpc) is 3.16. The van der Waals surface area contributed by atoms with Crippen LogP contribution in [0.2, 0.25) is 0 Å². The lowest BCUT2D eigenvalue weighted by molar-refractivity contribution is -0.149. The fraction of sp³-hybridized carbons (Fsp3) is 0.444. The number of aliphatic carboxylic acids is 1. The first kappa shape index (κ1) is 23.8. The van der Waals surface area contributed by atoms with Crippen LogP contribution >= 0.6 is 0 Å². The first-order valence-electron chi connectivity index (χ1n) is 12.0. The number of hydrogen-bond acceptors (Lipinski definition) is 4. The molecular weight excluding hydrogens is 432 g/mol. The molecule has 7 heteroatoms. The van der Waals surface area contributed by atoms with Crippen molar-refractivity contribution in [2.45, 2.75) is 57.5 Å². The molecule has 0 bridgehead atoms. The summed E-state index contributed by atoms with van der Waals surface area (Å²) < 4.78 is 5.62. The number of piperidine rings is 1. The molecular formula is C27H32N2O5. The van der Waals surface area contributed by atoms with Gasteiger partial charge in [-0.1, -0.05) is 55.5 Å². The largest absolute Gasteiger partial charge is 0.481 e. The highest BCUT2D eigenvalue weighted by atomic mass is 16.5. The molecule has 0 aromatic heterocycles. The van der Waals surface area contributed by atoms with Crippen molar-refractivity contribution in [2.75, 3.05) is 13.2 Å². The number of rotatable bonds is 7. The number of alkyl carbamates (subject to hydrolysis) is 1. The normalized spacial score (nSPS) is 20.2. The summed E-state index contributed by atoms with van der Waals surface area (Å²) in [5, 5.41) is 12.2. The third-order valence-corrected chi connectivity index (χ3v) is 7.21. The summed E-state index contributed by atoms with van der Waals surface area (Å²) in [4.78, 5) is 38.7. The number of carboxylic acids is 1. The summed E-state index contributed by atoms with van der Waals surface area (Å²) in [6, 6.07) is 15.6. The van der Waals surface area contributed by atoms with Gasteiger partial charge in [0.25, 0.3) is 0 Å². The predicted octanol–water partition coefficient (Wildman–Crippen LogP) is 4.41. The molecule has 4 rings (SSSR count). The van der Waals surface area contributed by atoms with E-state index in [1.165, 1.54) is 11.1 Å². The molecule has 0 spiro atoms. The lowest BCUT2D eigenvalue weighted by Gasteiger charge is -2.38. The van der Waals surface area contributed by atoms with Gasteiger partial charge in [0, 0.05) is 31.0 Å². The fourth-order valence-electron chi connectivity index (χ4n) is 5.26. The van der Waals surface area contributed by atoms with E-state index in [4.69, 9.17) is 4.74 Å². The van der Waals surface area contributed by atoms with Crippen LogP contribution in [0.4, 0.5) is 4.79 Å². The number of benzene rings is 2. The summed E-state index contributed by atoms with van der Waals surface area (Å²) in [7, 11) is 0. The molecule has 0 radical (unpaired) electrons. The van der Waals surface area contributed by atoms with Crippen LogP contribution < -0.4 is 5.32 Å². The van der Waals surface area contributed by atoms with Gasteiger partial charge in [-0.3, -0.25) is 9.59 Å². The van der Waals surface area contributed by atoms with Crippen LogP contribution in [0.1, 0.15) is 56.6 Å². The Kier molecular flexibility index (Phi) is 7.20. The van der Waals surface area contributed by atoms with Crippen molar-refractivity contribution in [3.63, 3.8) is 0 Å². The summed E-state index contributed by atoms with van der Waals surface area (Å²) in [6.07, 6.45) is 1.40. The van der Waals surface area contributed by atoms with Crippen LogP contribution in [0.25, 0.3) is 11.1 Å². The lowest BCUT2D eigenvalue weighted by Crippen LogP contribution is -2.50. The summed E-state index contributed by atoms with van der Waals surface area (Å²) in [6.45, 7) is 4.45. The molecule has 2 aliphatic rings. The van der Waals surface area contributed by atoms with Crippen molar-refractivity contribution in [3.8, 4) is 11.1 Å². The van der Waals surface area contributed by atoms with Crippen molar-refractivity contribution in [1.29, 1.82) is 0 Å². The Morgan fingerprint density at radius 2 is 1.71 bits per heavy atom. The minimum Gasteiger partial charge on any atom is -0.481 e. The maximum Gasteiger partial charge on any atom is 0.407 e. The van der Waals surface area contributed by atoms with Crippen LogP contribution in [-0.2, 0) is 14.3 Å². The lowest BCUT2D eigenvalue weighted by atomic mass is 9.90. The molecule has 2 N–H and O–H groups in total. The number of likely N-dealkylation sites (tertiary alicyclic amines) is 1. The minimum absolute atomic E-state index is 0.0259. The highest BCUT2D eigenvalue weighted by Gasteiger charge is 2.36. The average molecular weight is 465 g/mol. The molecule has 1 heterocycles. The highest BCUT2D eigenvalue weighted by molar-refractivity contribution is 5.80. The van der Waals surface area contributed by atoms with Crippen LogP contribution in [0, 0.1) is 5.92 Å². The van der Waals surface area contributed by atoms with Crippen molar-refractivity contribution in [2.24, 2.45) is 5.92 Å². The number of ether oxygens (including phenoxy) is 1. The number of carboxylic acid groups (broad SMARTS) is 1. The van der Waals surface area contributed by atoms with Gasteiger partial charge in [0.15, 0.2) is 0 Å². The topological polar surface area (TPSA) is 95.9 Å². The van der Waals surface area contributed by atoms with Gasteiger partial charge in [0.2, 0.25) is 5.91 Å². The monoisotopic (exact) mass is 464 g/mol. The summed E-state index contributed by atoms with van der Waals surface area (Å²) >= 11 is 0. The number of carbonyl (C=O) groups excluding carboxylic acids is 2. The fourth-order valence-corrected chi connectivity index (χ4v) is 5.26. The number of fused-ring (bicyclic) bond motifs is 3. The maximum atomic E-state index is 12.9. The minimum atomic E-state index is -0.867. The molecule has 1 aliphatic carbocycles. The van der Waals surface area contributed by atoms with E-state index >= 15 is 0 Å². The van der Waals surface area contributed by atoms with E-state index in [1.54, 1.807) is 11.8 Å². The van der Waals surface area contributed by atoms with Gasteiger partial charge < -0.3 is 20.1 Å². The Labute approximate surface area is 200 Å². The summed E-state index contributed by atoms with van der Waals surface area (Å²) in [5.41, 5.74) is 4.62. The van der Waals surface area contributed by atoms with Gasteiger partial charge in [-0.15, -0.1) is 0 Å². The van der Waals surface area contributed by atoms with Crippen LogP contribution in [-0.4, -0.2) is 53.2 Å². The van der Waals surface area contributed by atoms with Gasteiger partial charge in [-0.05, 0) is 48.4 Å². The third-order valence-electron chi connectivity index (χ3n) is 7.21. The van der Waals surface area contributed by atoms with E-state index in [9.17, 15) is 19.5 Å². The Hall–Kier alpha value is -3.35. The number of hydrogen-bond donors (Lipinski definition) is 2. The smallest absolute Gasteiger partial charge is 0.407 e. The Morgan fingerprint density at radius 1 is 1.09 bits per heavy atom. The zero-order valence-electron chi connectivity index (χ0n) is 19.7. The van der Waals surface area contributed by atoms with Crippen molar-refractivity contribution in [1.82, 2.24) is 10.2 Å². The van der Waals surface area contributed by atoms with Crippen LogP contribution in [0.3, 0.4) is 0 Å². The van der Waals surface area contributed by atoms with Crippen molar-refractivity contribution in [3.05, 3.63) is 59.7 Å². The molecule has 1 fully saturated rings. The van der Waals surface area contributed by atoms with Crippen LogP contribution in [0.5, 0.6) is 0 Å². The second-order valence-electron chi connectivity index (χ2n) is 9.19. The standard InChI is InChI=1S/C27H32N2O5/c1-3-18(15-25(30)29-14-8-13-19(17(29)2)26(31)32)28-27(33)34-16-24-22-11-6-4-9-20(22)21-10-5-7-12-23(21)24/h4-7,9-12,17-19,24H,3,8,13-16H2,1-2H3,(H,28,33)(H,31,32)/t17-,18+,19-/m1/s1. The molecule has 2 aromatic carbocycles. The van der Waals surface area contributed by atoms with Gasteiger partial charge in [-0.2, -0.15) is 0 Å². The Balaban J connectivity index is 1.34. The predicted molar refractivity (Wildman–Crippen MR) is 128 cm³/mol. The number of nitrogens with zero attached hydrogens (tertiary/aromatic N) is 1. The van der Waals surface area contributed by atoms with E-state index in [1.807, 2.05) is 31.2 Å². The molecule has 0 saturated carbocycles. The van der Waals surface area contributed by atoms with E-state index in [-0.39, 0.29) is 36.9 Å². The quantitative estimate of drug-likeness (QED) is 0.633. The highest BCUT2D eigenvalue weighted by Crippen LogP contribution is 2.44. The third kappa shape index (κ3) is 4.79. The number of carbonyl (C=O) groups is 3. The molecule has 7 nitrogen and oxygen atoms in total. The molecule has 34 heavy (non-hydrogen) atoms. The zero-order chi connectivity index (χ0) is 24.2. The van der Waals surface area contributed by atoms with E-state index in [0.717, 1.165) is 11.1 Å². The van der Waals surface area contributed by atoms with Gasteiger partial charge in [0.05, 0.1) is 5.92 Å². The van der Waals surface area contributed by atoms with Gasteiger partial charge in [-0.25, -0.2) is 4.79 Å². The van der Waals surface area contributed by atoms with E-state index in [2.05, 4.69) is 29.6 Å². The van der Waals surface area contributed by atoms with Gasteiger partial charge >= 0.3 is 12.1 Å². The van der Waals surface area contributed by atoms with Gasteiger partial charge in [0.1, 0.15) is 6.61 Å². The molecule has 3 atom stereocenters. The van der Waals surface area contributed by atoms with E-state index < -0.39 is 18.0 Å². The first-order chi connectivity index (χ1) is 16.4. The molecule has 2 aromatic rings. The zero-order valence-corrected chi connectivity index (χ0v) is 19.7. The van der Waals surface area contributed by atoms with E-state index in [0.29, 0.717) is 25.8 Å². The molecule has 180 valence electrons. The summed E-state index contributed by atoms with van der Waals surface area (Å²) in [5.74, 6) is -1.58. The Morgan fingerprint density at radius 3 is 2.29 bits per heavy atom. The molecule has 1 saturated heterocycles. The van der Waals surface area contributed by atoms with Crippen molar-refractivity contribution >= 4 is 18.0 Å². The second kappa shape index (κ2) is 10.3. The maximum absolute atomic E-state index is 12.9. The SMILES string of the molecule is CC[C@@H](CC(=O)N1CCC[C@@H](C(=O)O)[C@H]1C)NC(=O)OCC1c2ccccc2-c2ccccc21. The Bertz CT molecular complexity index is 1020. The number of nitrogens with one attached hydrogen (secondary N) is 1.